The lowest BCUT2D eigenvalue weighted by atomic mass is 9.62. The van der Waals surface area contributed by atoms with Crippen molar-refractivity contribution in [3.05, 3.63) is 35.4 Å². The van der Waals surface area contributed by atoms with Gasteiger partial charge in [-0.25, -0.2) is 0 Å². The Balaban J connectivity index is 1.86. The Labute approximate surface area is 129 Å². The van der Waals surface area contributed by atoms with Gasteiger partial charge in [0.05, 0.1) is 6.10 Å². The van der Waals surface area contributed by atoms with Crippen molar-refractivity contribution in [2.45, 2.75) is 58.0 Å². The summed E-state index contributed by atoms with van der Waals surface area (Å²) < 4.78 is 6.03. The molecule has 2 heteroatoms. The van der Waals surface area contributed by atoms with E-state index in [4.69, 9.17) is 4.74 Å². The fraction of sp³-hybridized carbons (Fsp3) is 0.684. The molecule has 2 heterocycles. The highest BCUT2D eigenvalue weighted by atomic mass is 16.5. The lowest BCUT2D eigenvalue weighted by Crippen LogP contribution is -2.48. The minimum Gasteiger partial charge on any atom is -0.378 e. The third kappa shape index (κ3) is 3.17. The highest BCUT2D eigenvalue weighted by molar-refractivity contribution is 5.28. The summed E-state index contributed by atoms with van der Waals surface area (Å²) in [5.41, 5.74) is 3.36. The molecule has 2 aliphatic rings. The van der Waals surface area contributed by atoms with E-state index in [0.717, 1.165) is 13.2 Å². The summed E-state index contributed by atoms with van der Waals surface area (Å²) in [4.78, 5) is 0. The Hall–Kier alpha value is -0.860. The molecule has 2 fully saturated rings. The summed E-state index contributed by atoms with van der Waals surface area (Å²) in [6.07, 6.45) is 6.71. The normalized spacial score (nSPS) is 33.2. The molecule has 0 bridgehead atoms. The average Bonchev–Trinajstić information content (AvgIpc) is 2.48. The molecule has 2 nitrogen and oxygen atoms in total. The third-order valence-corrected chi connectivity index (χ3v) is 5.53. The Bertz CT molecular complexity index is 466. The van der Waals surface area contributed by atoms with Gasteiger partial charge in [-0.15, -0.1) is 0 Å². The number of rotatable bonds is 3. The Kier molecular flexibility index (Phi) is 4.66. The Morgan fingerprint density at radius 2 is 2.24 bits per heavy atom. The van der Waals surface area contributed by atoms with Crippen molar-refractivity contribution >= 4 is 0 Å². The summed E-state index contributed by atoms with van der Waals surface area (Å²) in [6.45, 7) is 7.72. The summed E-state index contributed by atoms with van der Waals surface area (Å²) in [5.74, 6) is 0.648. The number of hydrogen-bond donors (Lipinski definition) is 1. The van der Waals surface area contributed by atoms with Crippen LogP contribution in [0.3, 0.4) is 0 Å². The van der Waals surface area contributed by atoms with E-state index in [9.17, 15) is 0 Å². The molecule has 21 heavy (non-hydrogen) atoms. The van der Waals surface area contributed by atoms with Gasteiger partial charge in [-0.05, 0) is 50.1 Å². The van der Waals surface area contributed by atoms with Crippen LogP contribution in [0.2, 0.25) is 0 Å². The second-order valence-electron chi connectivity index (χ2n) is 7.02. The number of piperidine rings is 1. The molecule has 0 aliphatic carbocycles. The largest absolute Gasteiger partial charge is 0.378 e. The maximum absolute atomic E-state index is 6.03. The van der Waals surface area contributed by atoms with Crippen molar-refractivity contribution in [3.63, 3.8) is 0 Å². The number of hydrogen-bond acceptors (Lipinski definition) is 2. The van der Waals surface area contributed by atoms with Crippen LogP contribution in [0.1, 0.15) is 56.1 Å². The van der Waals surface area contributed by atoms with Crippen LogP contribution >= 0.6 is 0 Å². The van der Waals surface area contributed by atoms with Crippen molar-refractivity contribution < 1.29 is 4.74 Å². The molecule has 2 saturated heterocycles. The van der Waals surface area contributed by atoms with Crippen LogP contribution in [0.25, 0.3) is 0 Å². The molecule has 0 radical (unpaired) electrons. The fourth-order valence-electron chi connectivity index (χ4n) is 4.43. The van der Waals surface area contributed by atoms with Crippen LogP contribution in [-0.2, 0) is 4.74 Å². The molecule has 1 N–H and O–H groups in total. The molecule has 1 spiro atoms. The van der Waals surface area contributed by atoms with Gasteiger partial charge in [-0.2, -0.15) is 0 Å². The molecule has 3 atom stereocenters. The van der Waals surface area contributed by atoms with E-state index >= 15 is 0 Å². The lowest BCUT2D eigenvalue weighted by molar-refractivity contribution is -0.0711. The monoisotopic (exact) mass is 287 g/mol. The lowest BCUT2D eigenvalue weighted by Gasteiger charge is -2.49. The van der Waals surface area contributed by atoms with Gasteiger partial charge >= 0.3 is 0 Å². The first-order valence-corrected chi connectivity index (χ1v) is 8.62. The third-order valence-electron chi connectivity index (χ3n) is 5.53. The predicted octanol–water partition coefficient (Wildman–Crippen LogP) is 4.04. The summed E-state index contributed by atoms with van der Waals surface area (Å²) >= 11 is 0. The molecule has 1 aromatic carbocycles. The first-order valence-electron chi connectivity index (χ1n) is 8.62. The molecule has 0 aromatic heterocycles. The topological polar surface area (TPSA) is 21.3 Å². The first-order chi connectivity index (χ1) is 10.2. The summed E-state index contributed by atoms with van der Waals surface area (Å²) in [6, 6.07) is 9.15. The summed E-state index contributed by atoms with van der Waals surface area (Å²) in [7, 11) is 0. The fourth-order valence-corrected chi connectivity index (χ4v) is 4.43. The van der Waals surface area contributed by atoms with Crippen LogP contribution < -0.4 is 5.32 Å². The highest BCUT2D eigenvalue weighted by Gasteiger charge is 2.44. The number of benzene rings is 1. The molecule has 2 aliphatic heterocycles. The maximum atomic E-state index is 6.03. The van der Waals surface area contributed by atoms with E-state index in [-0.39, 0.29) is 0 Å². The van der Waals surface area contributed by atoms with E-state index in [1.165, 1.54) is 49.8 Å². The molecule has 1 aromatic rings. The molecule has 0 amide bonds. The number of aryl methyl sites for hydroxylation is 1. The Morgan fingerprint density at radius 3 is 3.05 bits per heavy atom. The average molecular weight is 287 g/mol. The van der Waals surface area contributed by atoms with E-state index in [1.54, 1.807) is 0 Å². The maximum Gasteiger partial charge on any atom is 0.0580 e. The second kappa shape index (κ2) is 6.50. The molecule has 0 saturated carbocycles. The van der Waals surface area contributed by atoms with Crippen molar-refractivity contribution in [1.82, 2.24) is 5.32 Å². The van der Waals surface area contributed by atoms with E-state index in [0.29, 0.717) is 17.4 Å². The second-order valence-corrected chi connectivity index (χ2v) is 7.02. The quantitative estimate of drug-likeness (QED) is 0.906. The van der Waals surface area contributed by atoms with Gasteiger partial charge < -0.3 is 10.1 Å². The molecular formula is C19H29NO. The van der Waals surface area contributed by atoms with Gasteiger partial charge in [0.25, 0.3) is 0 Å². The van der Waals surface area contributed by atoms with Crippen LogP contribution in [0.4, 0.5) is 0 Å². The van der Waals surface area contributed by atoms with Gasteiger partial charge in [-0.1, -0.05) is 43.2 Å². The van der Waals surface area contributed by atoms with E-state index in [1.807, 2.05) is 0 Å². The van der Waals surface area contributed by atoms with Crippen molar-refractivity contribution in [1.29, 1.82) is 0 Å². The van der Waals surface area contributed by atoms with Crippen LogP contribution in [0, 0.1) is 12.3 Å². The summed E-state index contributed by atoms with van der Waals surface area (Å²) in [5, 5.41) is 3.63. The first kappa shape index (κ1) is 15.1. The van der Waals surface area contributed by atoms with Gasteiger partial charge in [0.1, 0.15) is 0 Å². The SMILES string of the molecule is CCCC1CC2(CCNCC2c2cccc(C)c2)CCO1. The van der Waals surface area contributed by atoms with Gasteiger partial charge in [0, 0.05) is 19.1 Å². The molecular weight excluding hydrogens is 258 g/mol. The smallest absolute Gasteiger partial charge is 0.0580 e. The van der Waals surface area contributed by atoms with Gasteiger partial charge in [0.2, 0.25) is 0 Å². The predicted molar refractivity (Wildman–Crippen MR) is 87.7 cm³/mol. The molecule has 3 rings (SSSR count). The minimum atomic E-state index is 0.455. The highest BCUT2D eigenvalue weighted by Crippen LogP contribution is 2.50. The van der Waals surface area contributed by atoms with Crippen molar-refractivity contribution in [3.8, 4) is 0 Å². The Morgan fingerprint density at radius 1 is 1.33 bits per heavy atom. The van der Waals surface area contributed by atoms with E-state index in [2.05, 4.69) is 43.4 Å². The van der Waals surface area contributed by atoms with Crippen LogP contribution in [0.15, 0.2) is 24.3 Å². The van der Waals surface area contributed by atoms with E-state index < -0.39 is 0 Å². The zero-order valence-electron chi connectivity index (χ0n) is 13.5. The van der Waals surface area contributed by atoms with Crippen LogP contribution in [0.5, 0.6) is 0 Å². The van der Waals surface area contributed by atoms with Crippen LogP contribution in [-0.4, -0.2) is 25.8 Å². The van der Waals surface area contributed by atoms with Gasteiger partial charge in [-0.3, -0.25) is 0 Å². The molecule has 3 unspecified atom stereocenters. The zero-order valence-corrected chi connectivity index (χ0v) is 13.5. The van der Waals surface area contributed by atoms with Crippen molar-refractivity contribution in [2.24, 2.45) is 5.41 Å². The zero-order chi connectivity index (χ0) is 14.7. The minimum absolute atomic E-state index is 0.455. The van der Waals surface area contributed by atoms with Crippen molar-refractivity contribution in [2.75, 3.05) is 19.7 Å². The van der Waals surface area contributed by atoms with Gasteiger partial charge in [0.15, 0.2) is 0 Å². The number of ether oxygens (including phenoxy) is 1. The number of nitrogens with one attached hydrogen (secondary N) is 1. The molecule has 116 valence electrons. The standard InChI is InChI=1S/C19H29NO/c1-3-5-17-13-19(9-11-21-17)8-10-20-14-18(19)16-7-4-6-15(2)12-16/h4,6-7,12,17-18,20H,3,5,8-11,13-14H2,1-2H3.